The fourth-order valence-electron chi connectivity index (χ4n) is 5.05. The van der Waals surface area contributed by atoms with Crippen LogP contribution in [0.15, 0.2) is 66.2 Å². The van der Waals surface area contributed by atoms with Gasteiger partial charge in [-0.1, -0.05) is 36.4 Å². The Hall–Kier alpha value is -3.88. The molecule has 1 N–H and O–H groups in total. The van der Waals surface area contributed by atoms with Gasteiger partial charge in [0.2, 0.25) is 0 Å². The molecule has 1 amide bonds. The molecule has 0 aromatic heterocycles. The second-order valence-electron chi connectivity index (χ2n) is 9.12. The van der Waals surface area contributed by atoms with Crippen molar-refractivity contribution in [3.63, 3.8) is 0 Å². The highest BCUT2D eigenvalue weighted by Crippen LogP contribution is 2.42. The summed E-state index contributed by atoms with van der Waals surface area (Å²) in [5, 5.41) is 13.3. The highest BCUT2D eigenvalue weighted by Gasteiger charge is 2.47. The van der Waals surface area contributed by atoms with E-state index in [4.69, 9.17) is 14.2 Å². The molecule has 2 aliphatic heterocycles. The molecule has 8 nitrogen and oxygen atoms in total. The number of aliphatic hydroxyl groups is 1. The number of Topliss-reactive ketones (excluding diaryl/α,β-unsaturated/α-hetero) is 1. The van der Waals surface area contributed by atoms with Gasteiger partial charge < -0.3 is 24.2 Å². The molecule has 1 unspecified atom stereocenters. The molecule has 192 valence electrons. The maximum Gasteiger partial charge on any atom is 0.295 e. The normalized spacial score (nSPS) is 19.9. The van der Waals surface area contributed by atoms with E-state index in [9.17, 15) is 14.7 Å². The molecule has 37 heavy (non-hydrogen) atoms. The molecule has 2 fully saturated rings. The topological polar surface area (TPSA) is 88.5 Å². The standard InChI is InChI=1S/C29H30N2O6/c1-35-22-10-9-19-17-21(8-7-20(19)18-22)27(32)25-26(23-5-3-4-6-24(23)36-2)31(29(34)28(25)33)12-11-30-13-15-37-16-14-30/h3-10,17-18,26,32H,11-16H2,1-2H3/b27-25+. The van der Waals surface area contributed by atoms with Crippen LogP contribution in [0.3, 0.4) is 0 Å². The van der Waals surface area contributed by atoms with E-state index in [1.54, 1.807) is 31.3 Å². The molecule has 2 aliphatic rings. The van der Waals surface area contributed by atoms with Crippen LogP contribution in [0.4, 0.5) is 0 Å². The van der Waals surface area contributed by atoms with Crippen LogP contribution >= 0.6 is 0 Å². The maximum atomic E-state index is 13.4. The number of ketones is 1. The second-order valence-corrected chi connectivity index (χ2v) is 9.12. The molecule has 3 aromatic rings. The minimum absolute atomic E-state index is 0.0596. The zero-order valence-electron chi connectivity index (χ0n) is 21.0. The van der Waals surface area contributed by atoms with Gasteiger partial charge >= 0.3 is 0 Å². The maximum absolute atomic E-state index is 13.4. The summed E-state index contributed by atoms with van der Waals surface area (Å²) in [6, 6.07) is 17.6. The zero-order valence-corrected chi connectivity index (χ0v) is 21.0. The van der Waals surface area contributed by atoms with Gasteiger partial charge in [0, 0.05) is 37.3 Å². The third-order valence-electron chi connectivity index (χ3n) is 7.06. The number of carbonyl (C=O) groups excluding carboxylic acids is 2. The number of fused-ring (bicyclic) bond motifs is 1. The zero-order chi connectivity index (χ0) is 25.9. The molecular weight excluding hydrogens is 472 g/mol. The predicted molar refractivity (Wildman–Crippen MR) is 140 cm³/mol. The van der Waals surface area contributed by atoms with Crippen LogP contribution in [0.2, 0.25) is 0 Å². The first-order valence-electron chi connectivity index (χ1n) is 12.3. The van der Waals surface area contributed by atoms with Crippen molar-refractivity contribution in [1.82, 2.24) is 9.80 Å². The summed E-state index contributed by atoms with van der Waals surface area (Å²) in [5.74, 6) is -0.267. The number of aliphatic hydroxyl groups excluding tert-OH is 1. The minimum atomic E-state index is -0.774. The first-order chi connectivity index (χ1) is 18.0. The monoisotopic (exact) mass is 502 g/mol. The largest absolute Gasteiger partial charge is 0.507 e. The van der Waals surface area contributed by atoms with Gasteiger partial charge in [0.05, 0.1) is 39.0 Å². The van der Waals surface area contributed by atoms with Crippen molar-refractivity contribution in [1.29, 1.82) is 0 Å². The molecule has 2 heterocycles. The third-order valence-corrected chi connectivity index (χ3v) is 7.06. The summed E-state index contributed by atoms with van der Waals surface area (Å²) in [4.78, 5) is 30.5. The molecule has 5 rings (SSSR count). The Labute approximate surface area is 215 Å². The minimum Gasteiger partial charge on any atom is -0.507 e. The molecule has 0 bridgehead atoms. The summed E-state index contributed by atoms with van der Waals surface area (Å²) in [6.07, 6.45) is 0. The summed E-state index contributed by atoms with van der Waals surface area (Å²) >= 11 is 0. The first-order valence-corrected chi connectivity index (χ1v) is 12.3. The average Bonchev–Trinajstić information content (AvgIpc) is 3.20. The van der Waals surface area contributed by atoms with Gasteiger partial charge in [0.25, 0.3) is 11.7 Å². The van der Waals surface area contributed by atoms with E-state index < -0.39 is 17.7 Å². The molecular formula is C29H30N2O6. The van der Waals surface area contributed by atoms with Crippen molar-refractivity contribution in [3.05, 3.63) is 77.4 Å². The number of hydrogen-bond acceptors (Lipinski definition) is 7. The number of methoxy groups -OCH3 is 2. The van der Waals surface area contributed by atoms with Crippen molar-refractivity contribution < 1.29 is 28.9 Å². The molecule has 1 atom stereocenters. The molecule has 0 aliphatic carbocycles. The average molecular weight is 503 g/mol. The van der Waals surface area contributed by atoms with Crippen molar-refractivity contribution in [3.8, 4) is 11.5 Å². The Morgan fingerprint density at radius 3 is 2.43 bits per heavy atom. The van der Waals surface area contributed by atoms with Crippen molar-refractivity contribution in [2.24, 2.45) is 0 Å². The highest BCUT2D eigenvalue weighted by atomic mass is 16.5. The summed E-state index contributed by atoms with van der Waals surface area (Å²) in [5.41, 5.74) is 1.17. The van der Waals surface area contributed by atoms with E-state index in [0.29, 0.717) is 43.2 Å². The molecule has 0 radical (unpaired) electrons. The molecule has 3 aromatic carbocycles. The number of morpholine rings is 1. The van der Waals surface area contributed by atoms with Gasteiger partial charge in [0.15, 0.2) is 0 Å². The van der Waals surface area contributed by atoms with Gasteiger partial charge in [-0.2, -0.15) is 0 Å². The second kappa shape index (κ2) is 10.6. The van der Waals surface area contributed by atoms with Crippen LogP contribution < -0.4 is 9.47 Å². The number of carbonyl (C=O) groups is 2. The van der Waals surface area contributed by atoms with Gasteiger partial charge in [-0.3, -0.25) is 14.5 Å². The molecule has 0 spiro atoms. The van der Waals surface area contributed by atoms with Crippen molar-refractivity contribution >= 4 is 28.2 Å². The lowest BCUT2D eigenvalue weighted by Crippen LogP contribution is -2.42. The van der Waals surface area contributed by atoms with E-state index in [1.165, 1.54) is 0 Å². The quantitative estimate of drug-likeness (QED) is 0.300. The molecule has 0 saturated carbocycles. The fraction of sp³-hybridized carbons (Fsp3) is 0.310. The number of para-hydroxylation sites is 1. The van der Waals surface area contributed by atoms with Gasteiger partial charge in [-0.25, -0.2) is 0 Å². The first kappa shape index (κ1) is 24.8. The Kier molecular flexibility index (Phi) is 7.12. The van der Waals surface area contributed by atoms with Crippen molar-refractivity contribution in [2.45, 2.75) is 6.04 Å². The Balaban J connectivity index is 1.58. The van der Waals surface area contributed by atoms with Crippen LogP contribution in [-0.2, 0) is 14.3 Å². The Bertz CT molecular complexity index is 1360. The number of amides is 1. The Morgan fingerprint density at radius 1 is 0.946 bits per heavy atom. The van der Waals surface area contributed by atoms with Gasteiger partial charge in [-0.15, -0.1) is 0 Å². The highest BCUT2D eigenvalue weighted by molar-refractivity contribution is 6.46. The van der Waals surface area contributed by atoms with E-state index in [1.807, 2.05) is 48.5 Å². The van der Waals surface area contributed by atoms with E-state index in [-0.39, 0.29) is 11.3 Å². The number of hydrogen-bond donors (Lipinski definition) is 1. The predicted octanol–water partition coefficient (Wildman–Crippen LogP) is 3.61. The molecule has 2 saturated heterocycles. The number of likely N-dealkylation sites (tertiary alicyclic amines) is 1. The summed E-state index contributed by atoms with van der Waals surface area (Å²) < 4.78 is 16.3. The van der Waals surface area contributed by atoms with Crippen molar-refractivity contribution in [2.75, 3.05) is 53.6 Å². The van der Waals surface area contributed by atoms with Crippen LogP contribution in [0, 0.1) is 0 Å². The van der Waals surface area contributed by atoms with E-state index in [0.717, 1.165) is 29.6 Å². The summed E-state index contributed by atoms with van der Waals surface area (Å²) in [6.45, 7) is 3.75. The van der Waals surface area contributed by atoms with Crippen LogP contribution in [-0.4, -0.2) is 80.2 Å². The Morgan fingerprint density at radius 2 is 1.68 bits per heavy atom. The van der Waals surface area contributed by atoms with Gasteiger partial charge in [0.1, 0.15) is 17.3 Å². The number of ether oxygens (including phenoxy) is 3. The molecule has 8 heteroatoms. The van der Waals surface area contributed by atoms with Crippen LogP contribution in [0.1, 0.15) is 17.2 Å². The SMILES string of the molecule is COc1ccc2cc(/C(O)=C3\C(=O)C(=O)N(CCN4CCOCC4)C3c3ccccc3OC)ccc2c1. The number of benzene rings is 3. The van der Waals surface area contributed by atoms with Crippen LogP contribution in [0.5, 0.6) is 11.5 Å². The van der Waals surface area contributed by atoms with E-state index in [2.05, 4.69) is 4.90 Å². The number of rotatable bonds is 7. The lowest BCUT2D eigenvalue weighted by Gasteiger charge is -2.31. The van der Waals surface area contributed by atoms with Gasteiger partial charge in [-0.05, 0) is 35.0 Å². The van der Waals surface area contributed by atoms with Crippen LogP contribution in [0.25, 0.3) is 16.5 Å². The van der Waals surface area contributed by atoms with E-state index >= 15 is 0 Å². The fourth-order valence-corrected chi connectivity index (χ4v) is 5.05. The summed E-state index contributed by atoms with van der Waals surface area (Å²) in [7, 11) is 3.16. The third kappa shape index (κ3) is 4.77. The number of nitrogens with zero attached hydrogens (tertiary/aromatic N) is 2. The lowest BCUT2D eigenvalue weighted by atomic mass is 9.94. The smallest absolute Gasteiger partial charge is 0.295 e. The lowest BCUT2D eigenvalue weighted by molar-refractivity contribution is -0.140.